The molecule has 0 aliphatic carbocycles. The van der Waals surface area contributed by atoms with Gasteiger partial charge in [0.2, 0.25) is 5.91 Å². The van der Waals surface area contributed by atoms with E-state index in [1.807, 2.05) is 0 Å². The number of hydrogen-bond acceptors (Lipinski definition) is 4. The molecule has 0 unspecified atom stereocenters. The van der Waals surface area contributed by atoms with Crippen LogP contribution in [0.5, 0.6) is 0 Å². The van der Waals surface area contributed by atoms with Crippen LogP contribution in [0.3, 0.4) is 0 Å². The average molecular weight is 224 g/mol. The second-order valence-corrected chi connectivity index (χ2v) is 3.15. The highest BCUT2D eigenvalue weighted by atomic mass is 19.1. The summed E-state index contributed by atoms with van der Waals surface area (Å²) in [4.78, 5) is 36.3. The zero-order valence-electron chi connectivity index (χ0n) is 8.44. The third kappa shape index (κ3) is 2.28. The molecule has 0 radical (unpaired) electrons. The van der Waals surface area contributed by atoms with E-state index in [0.29, 0.717) is 0 Å². The number of hydrogen-bond donors (Lipinski definition) is 1. The maximum absolute atomic E-state index is 12.6. The van der Waals surface area contributed by atoms with E-state index >= 15 is 0 Å². The van der Waals surface area contributed by atoms with E-state index in [1.165, 1.54) is 0 Å². The van der Waals surface area contributed by atoms with Gasteiger partial charge in [-0.25, -0.2) is 4.39 Å². The quantitative estimate of drug-likeness (QED) is 0.574. The average Bonchev–Trinajstić information content (AvgIpc) is 2.27. The largest absolute Gasteiger partial charge is 0.333 e. The molecular weight excluding hydrogens is 215 g/mol. The van der Waals surface area contributed by atoms with Crippen LogP contribution in [0.2, 0.25) is 0 Å². The minimum atomic E-state index is -1.85. The highest BCUT2D eigenvalue weighted by Crippen LogP contribution is 2.14. The number of carbonyl (C=O) groups is 3. The van der Waals surface area contributed by atoms with Crippen LogP contribution in [0.15, 0.2) is 18.3 Å². The fourth-order valence-electron chi connectivity index (χ4n) is 1.18. The first-order chi connectivity index (χ1) is 7.54. The number of rotatable bonds is 4. The maximum atomic E-state index is 12.6. The lowest BCUT2D eigenvalue weighted by atomic mass is 9.98. The minimum Gasteiger partial charge on any atom is -0.333 e. The Labute approximate surface area is 90.7 Å². The molecule has 1 N–H and O–H groups in total. The summed E-state index contributed by atoms with van der Waals surface area (Å²) >= 11 is 0. The predicted octanol–water partition coefficient (Wildman–Crippen LogP) is -0.0501. The van der Waals surface area contributed by atoms with Gasteiger partial charge in [0.15, 0.2) is 18.1 Å². The Morgan fingerprint density at radius 2 is 2.06 bits per heavy atom. The van der Waals surface area contributed by atoms with Crippen molar-refractivity contribution < 1.29 is 18.8 Å². The molecule has 1 heterocycles. The molecule has 1 amide bonds. The Hall–Kier alpha value is -2.11. The highest BCUT2D eigenvalue weighted by Gasteiger charge is 2.34. The Morgan fingerprint density at radius 1 is 1.44 bits per heavy atom. The van der Waals surface area contributed by atoms with Crippen LogP contribution in [0.25, 0.3) is 0 Å². The fourth-order valence-corrected chi connectivity index (χ4v) is 1.18. The summed E-state index contributed by atoms with van der Waals surface area (Å²) < 4.78 is 12.6. The predicted molar refractivity (Wildman–Crippen MR) is 51.8 cm³/mol. The summed E-state index contributed by atoms with van der Waals surface area (Å²) in [5, 5.41) is 2.17. The molecule has 0 aliphatic heterocycles. The molecular formula is C10H9FN2O3. The topological polar surface area (TPSA) is 76.1 Å². The Kier molecular flexibility index (Phi) is 3.44. The van der Waals surface area contributed by atoms with E-state index < -0.39 is 17.3 Å². The van der Waals surface area contributed by atoms with Crippen LogP contribution in [-0.4, -0.2) is 23.5 Å². The van der Waals surface area contributed by atoms with Gasteiger partial charge in [0.05, 0.1) is 11.9 Å². The van der Waals surface area contributed by atoms with Crippen LogP contribution in [0.4, 0.5) is 4.39 Å². The van der Waals surface area contributed by atoms with Gasteiger partial charge in [0, 0.05) is 6.92 Å². The maximum Gasteiger partial charge on any atom is 0.218 e. The molecule has 1 aromatic rings. The number of nitrogens with zero attached hydrogens (tertiary/aromatic N) is 1. The van der Waals surface area contributed by atoms with E-state index in [4.69, 9.17) is 0 Å². The third-order valence-electron chi connectivity index (χ3n) is 1.91. The van der Waals surface area contributed by atoms with E-state index in [0.717, 1.165) is 25.3 Å². The molecule has 84 valence electrons. The number of nitrogens with one attached hydrogen (secondary N) is 1. The molecule has 16 heavy (non-hydrogen) atoms. The normalized spacial score (nSPS) is 10.6. The van der Waals surface area contributed by atoms with E-state index in [1.54, 1.807) is 0 Å². The van der Waals surface area contributed by atoms with Crippen molar-refractivity contribution in [1.82, 2.24) is 10.3 Å². The molecule has 0 saturated heterocycles. The van der Waals surface area contributed by atoms with Crippen LogP contribution >= 0.6 is 0 Å². The molecule has 5 nitrogen and oxygen atoms in total. The molecule has 0 bridgehead atoms. The van der Waals surface area contributed by atoms with E-state index in [9.17, 15) is 18.8 Å². The zero-order valence-corrected chi connectivity index (χ0v) is 8.44. The van der Waals surface area contributed by atoms with Crippen molar-refractivity contribution in [2.45, 2.75) is 12.5 Å². The van der Waals surface area contributed by atoms with Crippen LogP contribution in [-0.2, 0) is 19.9 Å². The molecule has 0 spiro atoms. The smallest absolute Gasteiger partial charge is 0.218 e. The van der Waals surface area contributed by atoms with E-state index in [2.05, 4.69) is 10.3 Å². The van der Waals surface area contributed by atoms with Crippen molar-refractivity contribution in [3.8, 4) is 0 Å². The summed E-state index contributed by atoms with van der Waals surface area (Å²) in [6.45, 7) is 1.16. The lowest BCUT2D eigenvalue weighted by Gasteiger charge is -2.21. The number of aromatic nitrogens is 1. The van der Waals surface area contributed by atoms with Crippen molar-refractivity contribution in [2.75, 3.05) is 0 Å². The Bertz CT molecular complexity index is 409. The van der Waals surface area contributed by atoms with Gasteiger partial charge in [0.25, 0.3) is 0 Å². The van der Waals surface area contributed by atoms with Gasteiger partial charge in [-0.3, -0.25) is 19.4 Å². The van der Waals surface area contributed by atoms with Crippen molar-refractivity contribution in [2.24, 2.45) is 0 Å². The second-order valence-electron chi connectivity index (χ2n) is 3.15. The molecule has 1 rings (SSSR count). The van der Waals surface area contributed by atoms with Crippen LogP contribution in [0, 0.1) is 5.82 Å². The van der Waals surface area contributed by atoms with Crippen LogP contribution < -0.4 is 5.32 Å². The van der Waals surface area contributed by atoms with Gasteiger partial charge >= 0.3 is 0 Å². The zero-order chi connectivity index (χ0) is 12.2. The Balaban J connectivity index is 3.19. The molecule has 0 atom stereocenters. The minimum absolute atomic E-state index is 0.0332. The Morgan fingerprint density at radius 3 is 2.44 bits per heavy atom. The number of halogens is 1. The molecule has 6 heteroatoms. The van der Waals surface area contributed by atoms with Crippen molar-refractivity contribution >= 4 is 18.5 Å². The van der Waals surface area contributed by atoms with E-state index in [-0.39, 0.29) is 18.3 Å². The SMILES string of the molecule is CC(=O)NC(C=O)(C=O)c1ccc(F)cn1. The number of pyridine rings is 1. The van der Waals surface area contributed by atoms with Gasteiger partial charge in [-0.05, 0) is 12.1 Å². The number of amides is 1. The summed E-state index contributed by atoms with van der Waals surface area (Å²) in [6.07, 6.45) is 1.36. The first-order valence-corrected chi connectivity index (χ1v) is 4.37. The monoisotopic (exact) mass is 224 g/mol. The highest BCUT2D eigenvalue weighted by molar-refractivity contribution is 5.95. The van der Waals surface area contributed by atoms with Crippen molar-refractivity contribution in [3.05, 3.63) is 29.8 Å². The summed E-state index contributed by atoms with van der Waals surface area (Å²) in [5.74, 6) is -1.16. The third-order valence-corrected chi connectivity index (χ3v) is 1.91. The molecule has 0 aliphatic rings. The number of carbonyl (C=O) groups excluding carboxylic acids is 3. The van der Waals surface area contributed by atoms with Gasteiger partial charge < -0.3 is 5.32 Å². The summed E-state index contributed by atoms with van der Waals surface area (Å²) in [7, 11) is 0. The van der Waals surface area contributed by atoms with Gasteiger partial charge in [0.1, 0.15) is 5.82 Å². The molecule has 0 fully saturated rings. The summed E-state index contributed by atoms with van der Waals surface area (Å²) in [5.41, 5.74) is -1.88. The van der Waals surface area contributed by atoms with Crippen molar-refractivity contribution in [3.63, 3.8) is 0 Å². The molecule has 1 aromatic heterocycles. The lowest BCUT2D eigenvalue weighted by molar-refractivity contribution is -0.130. The van der Waals surface area contributed by atoms with Gasteiger partial charge in [-0.15, -0.1) is 0 Å². The summed E-state index contributed by atoms with van der Waals surface area (Å²) in [6, 6.07) is 2.21. The standard InChI is InChI=1S/C10H9FN2O3/c1-7(16)13-10(5-14,6-15)9-3-2-8(11)4-12-9/h2-6H,1H3,(H,13,16). The first kappa shape index (κ1) is 12.0. The van der Waals surface area contributed by atoms with Crippen LogP contribution in [0.1, 0.15) is 12.6 Å². The second kappa shape index (κ2) is 4.61. The first-order valence-electron chi connectivity index (χ1n) is 4.37. The molecule has 0 aromatic carbocycles. The van der Waals surface area contributed by atoms with Crippen molar-refractivity contribution in [1.29, 1.82) is 0 Å². The number of aldehydes is 2. The fraction of sp³-hybridized carbons (Fsp3) is 0.200. The van der Waals surface area contributed by atoms with Gasteiger partial charge in [-0.1, -0.05) is 0 Å². The lowest BCUT2D eigenvalue weighted by Crippen LogP contribution is -2.48. The van der Waals surface area contributed by atoms with Gasteiger partial charge in [-0.2, -0.15) is 0 Å². The molecule has 0 saturated carbocycles.